The topological polar surface area (TPSA) is 33.5 Å². The molecule has 0 aliphatic heterocycles. The van der Waals surface area contributed by atoms with Crippen LogP contribution in [0, 0.1) is 0 Å². The number of amides is 1. The number of hydrogen-bond acceptors (Lipinski definition) is 1. The number of rotatable bonds is 3. The van der Waals surface area contributed by atoms with Gasteiger partial charge in [-0.15, -0.1) is 0 Å². The van der Waals surface area contributed by atoms with Gasteiger partial charge in [-0.2, -0.15) is 0 Å². The maximum atomic E-state index is 11.3. The SMILES string of the molecule is C[NH+](C)NC(=O)Cc1ccccc1. The van der Waals surface area contributed by atoms with Crippen molar-refractivity contribution in [3.05, 3.63) is 35.9 Å². The largest absolute Gasteiger partial charge is 0.270 e. The summed E-state index contributed by atoms with van der Waals surface area (Å²) in [5, 5.41) is 0.931. The highest BCUT2D eigenvalue weighted by Crippen LogP contribution is 1.98. The van der Waals surface area contributed by atoms with Crippen molar-refractivity contribution in [3.8, 4) is 0 Å². The van der Waals surface area contributed by atoms with Crippen LogP contribution in [-0.2, 0) is 11.2 Å². The zero-order valence-electron chi connectivity index (χ0n) is 8.00. The lowest BCUT2D eigenvalue weighted by molar-refractivity contribution is -0.896. The molecule has 1 aromatic rings. The fourth-order valence-corrected chi connectivity index (χ4v) is 1.10. The molecule has 0 aromatic heterocycles. The normalized spacial score (nSPS) is 10.1. The monoisotopic (exact) mass is 179 g/mol. The van der Waals surface area contributed by atoms with Crippen molar-refractivity contribution in [1.82, 2.24) is 5.43 Å². The zero-order chi connectivity index (χ0) is 9.68. The van der Waals surface area contributed by atoms with Gasteiger partial charge >= 0.3 is 0 Å². The molecule has 3 heteroatoms. The minimum atomic E-state index is 0.0474. The van der Waals surface area contributed by atoms with Crippen molar-refractivity contribution in [2.24, 2.45) is 0 Å². The Bertz CT molecular complexity index is 270. The first-order valence-electron chi connectivity index (χ1n) is 4.32. The van der Waals surface area contributed by atoms with Gasteiger partial charge in [-0.3, -0.25) is 4.79 Å². The second kappa shape index (κ2) is 4.62. The Hall–Kier alpha value is -1.35. The van der Waals surface area contributed by atoms with Gasteiger partial charge in [0.1, 0.15) is 0 Å². The summed E-state index contributed by atoms with van der Waals surface area (Å²) < 4.78 is 0. The van der Waals surface area contributed by atoms with E-state index < -0.39 is 0 Å². The van der Waals surface area contributed by atoms with Gasteiger partial charge in [0.05, 0.1) is 20.5 Å². The number of quaternary nitrogens is 1. The Morgan fingerprint density at radius 1 is 1.31 bits per heavy atom. The third-order valence-corrected chi connectivity index (χ3v) is 1.60. The van der Waals surface area contributed by atoms with Crippen molar-refractivity contribution < 1.29 is 9.80 Å². The van der Waals surface area contributed by atoms with Crippen LogP contribution >= 0.6 is 0 Å². The first kappa shape index (κ1) is 9.74. The van der Waals surface area contributed by atoms with E-state index in [0.29, 0.717) is 6.42 Å². The Morgan fingerprint density at radius 2 is 1.92 bits per heavy atom. The average Bonchev–Trinajstić information content (AvgIpc) is 2.04. The average molecular weight is 179 g/mol. The molecular weight excluding hydrogens is 164 g/mol. The van der Waals surface area contributed by atoms with Crippen LogP contribution in [0.1, 0.15) is 5.56 Å². The summed E-state index contributed by atoms with van der Waals surface area (Å²) in [5.74, 6) is 0.0474. The van der Waals surface area contributed by atoms with Crippen molar-refractivity contribution in [3.63, 3.8) is 0 Å². The van der Waals surface area contributed by atoms with Gasteiger partial charge in [-0.25, -0.2) is 10.4 Å². The first-order valence-corrected chi connectivity index (χ1v) is 4.32. The fourth-order valence-electron chi connectivity index (χ4n) is 1.10. The highest BCUT2D eigenvalue weighted by Gasteiger charge is 2.04. The van der Waals surface area contributed by atoms with Gasteiger partial charge < -0.3 is 0 Å². The Kier molecular flexibility index (Phi) is 3.46. The van der Waals surface area contributed by atoms with Gasteiger partial charge in [-0.05, 0) is 5.56 Å². The van der Waals surface area contributed by atoms with Gasteiger partial charge in [0.15, 0.2) is 0 Å². The quantitative estimate of drug-likeness (QED) is 0.597. The maximum Gasteiger partial charge on any atom is 0.269 e. The zero-order valence-corrected chi connectivity index (χ0v) is 8.00. The van der Waals surface area contributed by atoms with E-state index in [0.717, 1.165) is 10.6 Å². The highest BCUT2D eigenvalue weighted by molar-refractivity contribution is 5.77. The Balaban J connectivity index is 2.46. The molecule has 3 nitrogen and oxygen atoms in total. The summed E-state index contributed by atoms with van der Waals surface area (Å²) in [7, 11) is 3.76. The molecule has 0 aliphatic rings. The molecule has 1 amide bonds. The summed E-state index contributed by atoms with van der Waals surface area (Å²) in [5.41, 5.74) is 3.81. The molecule has 0 saturated carbocycles. The molecular formula is C10H15N2O+. The second-order valence-electron chi connectivity index (χ2n) is 3.21. The van der Waals surface area contributed by atoms with Gasteiger partial charge in [0.2, 0.25) is 0 Å². The van der Waals surface area contributed by atoms with E-state index in [-0.39, 0.29) is 5.91 Å². The predicted molar refractivity (Wildman–Crippen MR) is 51.1 cm³/mol. The standard InChI is InChI=1S/C10H14N2O/c1-12(2)11-10(13)8-9-6-4-3-5-7-9/h3-7H,8H2,1-2H3,(H,11,13)/p+1. The van der Waals surface area contributed by atoms with Gasteiger partial charge in [0.25, 0.3) is 5.91 Å². The molecule has 2 N–H and O–H groups in total. The molecule has 0 saturated heterocycles. The molecule has 0 spiro atoms. The second-order valence-corrected chi connectivity index (χ2v) is 3.21. The van der Waals surface area contributed by atoms with Crippen molar-refractivity contribution >= 4 is 5.91 Å². The van der Waals surface area contributed by atoms with Gasteiger partial charge in [-0.1, -0.05) is 30.3 Å². The van der Waals surface area contributed by atoms with Crippen LogP contribution in [0.15, 0.2) is 30.3 Å². The van der Waals surface area contributed by atoms with Crippen molar-refractivity contribution in [1.29, 1.82) is 0 Å². The van der Waals surface area contributed by atoms with Gasteiger partial charge in [0, 0.05) is 0 Å². The number of hydrogen-bond donors (Lipinski definition) is 2. The van der Waals surface area contributed by atoms with Crippen molar-refractivity contribution in [2.45, 2.75) is 6.42 Å². The smallest absolute Gasteiger partial charge is 0.269 e. The number of benzene rings is 1. The molecule has 0 fully saturated rings. The highest BCUT2D eigenvalue weighted by atomic mass is 16.2. The van der Waals surface area contributed by atoms with Crippen LogP contribution in [0.4, 0.5) is 0 Å². The maximum absolute atomic E-state index is 11.3. The lowest BCUT2D eigenvalue weighted by Crippen LogP contribution is -3.13. The van der Waals surface area contributed by atoms with Crippen LogP contribution in [0.3, 0.4) is 0 Å². The summed E-state index contributed by atoms with van der Waals surface area (Å²) in [6.07, 6.45) is 0.450. The van der Waals surface area contributed by atoms with E-state index >= 15 is 0 Å². The minimum absolute atomic E-state index is 0.0474. The molecule has 0 radical (unpaired) electrons. The third-order valence-electron chi connectivity index (χ3n) is 1.60. The van der Waals surface area contributed by atoms with Crippen LogP contribution in [0.2, 0.25) is 0 Å². The number of carbonyl (C=O) groups is 1. The van der Waals surface area contributed by atoms with Crippen LogP contribution in [0.5, 0.6) is 0 Å². The summed E-state index contributed by atoms with van der Waals surface area (Å²) in [6, 6.07) is 9.71. The molecule has 1 rings (SSSR count). The fraction of sp³-hybridized carbons (Fsp3) is 0.300. The molecule has 0 bridgehead atoms. The summed E-state index contributed by atoms with van der Waals surface area (Å²) in [4.78, 5) is 11.3. The van der Waals surface area contributed by atoms with E-state index in [2.05, 4.69) is 5.43 Å². The Labute approximate surface area is 78.3 Å². The molecule has 70 valence electrons. The predicted octanol–water partition coefficient (Wildman–Crippen LogP) is -0.595. The summed E-state index contributed by atoms with van der Waals surface area (Å²) >= 11 is 0. The molecule has 1 aromatic carbocycles. The van der Waals surface area contributed by atoms with E-state index in [1.54, 1.807) is 0 Å². The summed E-state index contributed by atoms with van der Waals surface area (Å²) in [6.45, 7) is 0. The van der Waals surface area contributed by atoms with Crippen LogP contribution in [0.25, 0.3) is 0 Å². The van der Waals surface area contributed by atoms with Crippen LogP contribution < -0.4 is 10.4 Å². The van der Waals surface area contributed by atoms with Crippen molar-refractivity contribution in [2.75, 3.05) is 14.1 Å². The minimum Gasteiger partial charge on any atom is -0.270 e. The number of carbonyl (C=O) groups excluding carboxylic acids is 1. The molecule has 0 atom stereocenters. The lowest BCUT2D eigenvalue weighted by atomic mass is 10.1. The molecule has 0 heterocycles. The van der Waals surface area contributed by atoms with E-state index in [1.165, 1.54) is 0 Å². The molecule has 13 heavy (non-hydrogen) atoms. The van der Waals surface area contributed by atoms with E-state index in [4.69, 9.17) is 0 Å². The molecule has 0 unspecified atom stereocenters. The molecule has 0 aliphatic carbocycles. The van der Waals surface area contributed by atoms with E-state index in [9.17, 15) is 4.79 Å². The number of nitrogens with one attached hydrogen (secondary N) is 2. The Morgan fingerprint density at radius 3 is 2.46 bits per heavy atom. The van der Waals surface area contributed by atoms with E-state index in [1.807, 2.05) is 44.4 Å². The van der Waals surface area contributed by atoms with Crippen LogP contribution in [-0.4, -0.2) is 20.0 Å². The third kappa shape index (κ3) is 3.71. The lowest BCUT2D eigenvalue weighted by Gasteiger charge is -2.07. The first-order chi connectivity index (χ1) is 6.18.